The summed E-state index contributed by atoms with van der Waals surface area (Å²) in [5, 5.41) is 0.297. The average Bonchev–Trinajstić information content (AvgIpc) is 3.22. The molecule has 2 N–H and O–H groups in total. The molecular weight excluding hydrogens is 653 g/mol. The highest BCUT2D eigenvalue weighted by Crippen LogP contribution is 2.57. The van der Waals surface area contributed by atoms with E-state index < -0.39 is 60.8 Å². The second-order valence-corrected chi connectivity index (χ2v) is 26.4. The first-order valence-electron chi connectivity index (χ1n) is 15.3. The number of halogens is 1. The van der Waals surface area contributed by atoms with Crippen LogP contribution >= 0.6 is 19.4 Å². The summed E-state index contributed by atoms with van der Waals surface area (Å²) in [4.78, 5) is 17.1. The van der Waals surface area contributed by atoms with E-state index in [9.17, 15) is 9.36 Å². The lowest BCUT2D eigenvalue weighted by Gasteiger charge is -2.44. The van der Waals surface area contributed by atoms with Crippen LogP contribution in [0.3, 0.4) is 0 Å². The number of aromatic nitrogens is 2. The van der Waals surface area contributed by atoms with Crippen LogP contribution in [-0.2, 0) is 31.7 Å². The molecular formula is C30H49ClN3O8PSi2. The Balaban J connectivity index is 1.69. The van der Waals surface area contributed by atoms with Crippen LogP contribution in [0.25, 0.3) is 0 Å². The van der Waals surface area contributed by atoms with Crippen LogP contribution in [0.2, 0.25) is 41.3 Å². The summed E-state index contributed by atoms with van der Waals surface area (Å²) < 4.78 is 53.3. The molecule has 4 rings (SSSR count). The number of rotatable bonds is 9. The lowest BCUT2D eigenvalue weighted by atomic mass is 10.1. The molecule has 3 heterocycles. The normalized spacial score (nSPS) is 28.4. The molecule has 2 saturated heterocycles. The Morgan fingerprint density at radius 3 is 2.13 bits per heavy atom. The van der Waals surface area contributed by atoms with E-state index in [0.29, 0.717) is 11.4 Å². The summed E-state index contributed by atoms with van der Waals surface area (Å²) in [6, 6.07) is 8.72. The van der Waals surface area contributed by atoms with E-state index in [0.717, 1.165) is 5.56 Å². The van der Waals surface area contributed by atoms with Crippen molar-refractivity contribution in [1.29, 1.82) is 0 Å². The average molecular weight is 702 g/mol. The number of nitrogen functional groups attached to an aromatic ring is 1. The quantitative estimate of drug-likeness (QED) is 0.207. The van der Waals surface area contributed by atoms with Crippen molar-refractivity contribution in [3.63, 3.8) is 0 Å². The summed E-state index contributed by atoms with van der Waals surface area (Å²) >= 11 is 6.06. The largest absolute Gasteiger partial charge is 0.475 e. The molecule has 2 aromatic rings. The molecule has 15 heteroatoms. The maximum absolute atomic E-state index is 13.8. The van der Waals surface area contributed by atoms with Crippen LogP contribution in [0, 0.1) is 0 Å². The zero-order valence-corrected chi connectivity index (χ0v) is 31.7. The number of nitrogens with zero attached hydrogens (tertiary/aromatic N) is 2. The highest BCUT2D eigenvalue weighted by Gasteiger charge is 2.55. The molecule has 0 amide bonds. The SMILES string of the molecule is CC(C)(C)[Si](C)(C)O[C@H]1[C@H](O[Si](C)(C)C(C)(C)C)[C@@H](CO[P@@]2(=O)OCC[C@@H](c3ccc(Cl)cc3)O2)O[C@H]1n1ccc(N)nc1=O. The van der Waals surface area contributed by atoms with Crippen LogP contribution < -0.4 is 11.4 Å². The van der Waals surface area contributed by atoms with E-state index in [1.807, 2.05) is 12.1 Å². The minimum absolute atomic E-state index is 0.102. The van der Waals surface area contributed by atoms with Gasteiger partial charge in [0.1, 0.15) is 24.1 Å². The van der Waals surface area contributed by atoms with Crippen LogP contribution in [0.5, 0.6) is 0 Å². The van der Waals surface area contributed by atoms with E-state index in [-0.39, 0.29) is 29.1 Å². The van der Waals surface area contributed by atoms with E-state index in [2.05, 4.69) is 72.7 Å². The zero-order valence-electron chi connectivity index (χ0n) is 28.0. The molecule has 2 aliphatic rings. The molecule has 2 aliphatic heterocycles. The van der Waals surface area contributed by atoms with Crippen molar-refractivity contribution in [3.05, 3.63) is 57.6 Å². The second kappa shape index (κ2) is 13.3. The van der Waals surface area contributed by atoms with Crippen molar-refractivity contribution < 1.29 is 31.7 Å². The van der Waals surface area contributed by atoms with Gasteiger partial charge in [0.05, 0.1) is 19.3 Å². The zero-order chi connectivity index (χ0) is 33.6. The molecule has 0 radical (unpaired) electrons. The van der Waals surface area contributed by atoms with Gasteiger partial charge in [-0.15, -0.1) is 0 Å². The fourth-order valence-electron chi connectivity index (χ4n) is 4.64. The van der Waals surface area contributed by atoms with E-state index in [1.165, 1.54) is 4.57 Å². The summed E-state index contributed by atoms with van der Waals surface area (Å²) in [5.74, 6) is 0.102. The van der Waals surface area contributed by atoms with E-state index in [4.69, 9.17) is 44.5 Å². The highest BCUT2D eigenvalue weighted by molar-refractivity contribution is 7.48. The maximum Gasteiger partial charge on any atom is 0.475 e. The number of anilines is 1. The lowest BCUT2D eigenvalue weighted by molar-refractivity contribution is -0.0592. The summed E-state index contributed by atoms with van der Waals surface area (Å²) in [6.07, 6.45) is -1.49. The van der Waals surface area contributed by atoms with Crippen molar-refractivity contribution in [2.24, 2.45) is 0 Å². The van der Waals surface area contributed by atoms with Crippen molar-refractivity contribution in [2.45, 2.75) is 115 Å². The minimum atomic E-state index is -3.99. The van der Waals surface area contributed by atoms with Gasteiger partial charge in [0.15, 0.2) is 22.9 Å². The van der Waals surface area contributed by atoms with Crippen molar-refractivity contribution in [1.82, 2.24) is 9.55 Å². The van der Waals surface area contributed by atoms with Crippen LogP contribution in [0.4, 0.5) is 5.82 Å². The van der Waals surface area contributed by atoms with Gasteiger partial charge in [0, 0.05) is 17.6 Å². The Morgan fingerprint density at radius 2 is 1.58 bits per heavy atom. The van der Waals surface area contributed by atoms with Gasteiger partial charge in [-0.05, 0) is 60.0 Å². The fraction of sp³-hybridized carbons (Fsp3) is 0.667. The molecule has 252 valence electrons. The molecule has 6 atom stereocenters. The Labute approximate surface area is 273 Å². The first-order valence-corrected chi connectivity index (χ1v) is 23.0. The molecule has 1 aromatic carbocycles. The standard InChI is InChI=1S/C30H49ClN3O8PSi2/c1-29(2,3)44(7,8)41-25-23(19-38-43(36)37-18-16-22(40-43)20-11-13-21(31)14-12-20)39-27(34-17-15-24(32)33-28(34)35)26(25)42-45(9,10)30(4,5)6/h11-15,17,22-23,25-27H,16,18-19H2,1-10H3,(H2,32,33,35)/t22-,23+,25+,26-,27+,43+/m0/s1. The van der Waals surface area contributed by atoms with Crippen LogP contribution in [0.1, 0.15) is 65.9 Å². The first kappa shape index (κ1) is 36.4. The molecule has 0 bridgehead atoms. The Kier molecular flexibility index (Phi) is 10.7. The molecule has 1 aromatic heterocycles. The molecule has 11 nitrogen and oxygen atoms in total. The molecule has 2 fully saturated rings. The number of hydrogen-bond acceptors (Lipinski definition) is 10. The van der Waals surface area contributed by atoms with Crippen molar-refractivity contribution >= 4 is 41.9 Å². The topological polar surface area (TPSA) is 133 Å². The maximum atomic E-state index is 13.8. The third-order valence-corrected chi connectivity index (χ3v) is 20.1. The number of hydrogen-bond donors (Lipinski definition) is 1. The number of nitrogens with two attached hydrogens (primary N) is 1. The molecule has 0 spiro atoms. The van der Waals surface area contributed by atoms with Crippen LogP contribution in [-0.4, -0.2) is 57.7 Å². The van der Waals surface area contributed by atoms with Crippen molar-refractivity contribution in [2.75, 3.05) is 18.9 Å². The molecule has 0 saturated carbocycles. The number of benzene rings is 1. The van der Waals surface area contributed by atoms with E-state index in [1.54, 1.807) is 24.4 Å². The van der Waals surface area contributed by atoms with Gasteiger partial charge in [0.2, 0.25) is 0 Å². The summed E-state index contributed by atoms with van der Waals surface area (Å²) in [5.41, 5.74) is 6.06. The van der Waals surface area contributed by atoms with Gasteiger partial charge < -0.3 is 19.3 Å². The number of phosphoric acid groups is 1. The third-order valence-electron chi connectivity index (χ3n) is 9.41. The van der Waals surface area contributed by atoms with Gasteiger partial charge in [-0.1, -0.05) is 65.3 Å². The predicted octanol–water partition coefficient (Wildman–Crippen LogP) is 7.46. The monoisotopic (exact) mass is 701 g/mol. The number of ether oxygens (including phenoxy) is 1. The van der Waals surface area contributed by atoms with Gasteiger partial charge in [-0.25, -0.2) is 9.36 Å². The summed E-state index contributed by atoms with van der Waals surface area (Å²) in [7, 11) is -8.88. The Bertz CT molecular complexity index is 1440. The fourth-order valence-corrected chi connectivity index (χ4v) is 8.76. The lowest BCUT2D eigenvalue weighted by Crippen LogP contribution is -2.54. The molecule has 45 heavy (non-hydrogen) atoms. The number of phosphoric ester groups is 1. The smallest absolute Gasteiger partial charge is 0.408 e. The highest BCUT2D eigenvalue weighted by atomic mass is 35.5. The first-order chi connectivity index (χ1) is 20.6. The predicted molar refractivity (Wildman–Crippen MR) is 180 cm³/mol. The van der Waals surface area contributed by atoms with Crippen molar-refractivity contribution in [3.8, 4) is 0 Å². The minimum Gasteiger partial charge on any atom is -0.408 e. The van der Waals surface area contributed by atoms with E-state index >= 15 is 0 Å². The van der Waals surface area contributed by atoms with Gasteiger partial charge in [-0.3, -0.25) is 18.1 Å². The van der Waals surface area contributed by atoms with Gasteiger partial charge in [0.25, 0.3) is 0 Å². The second-order valence-electron chi connectivity index (χ2n) is 14.8. The Morgan fingerprint density at radius 1 is 1.00 bits per heavy atom. The van der Waals surface area contributed by atoms with Crippen LogP contribution in [0.15, 0.2) is 41.3 Å². The van der Waals surface area contributed by atoms with Gasteiger partial charge >= 0.3 is 13.5 Å². The summed E-state index contributed by atoms with van der Waals surface area (Å²) in [6.45, 7) is 21.4. The molecule has 0 aliphatic carbocycles. The molecule has 0 unspecified atom stereocenters. The van der Waals surface area contributed by atoms with Gasteiger partial charge in [-0.2, -0.15) is 4.98 Å². The Hall–Kier alpha value is -1.39. The third kappa shape index (κ3) is 8.37.